The number of rotatable bonds is 4. The van der Waals surface area contributed by atoms with Gasteiger partial charge in [-0.3, -0.25) is 14.9 Å². The highest BCUT2D eigenvalue weighted by Gasteiger charge is 2.10. The van der Waals surface area contributed by atoms with Crippen molar-refractivity contribution in [3.8, 4) is 0 Å². The molecule has 1 heterocycles. The molecule has 3 rings (SSSR count). The van der Waals surface area contributed by atoms with Crippen molar-refractivity contribution in [1.82, 2.24) is 5.32 Å². The van der Waals surface area contributed by atoms with Crippen LogP contribution in [0.15, 0.2) is 71.3 Å². The molecule has 1 aromatic heterocycles. The molecule has 3 aromatic rings. The predicted molar refractivity (Wildman–Crippen MR) is 108 cm³/mol. The number of carbonyl (C=O) groups is 2. The Hall–Kier alpha value is -3.45. The average Bonchev–Trinajstić information content (AvgIpc) is 3.17. The van der Waals surface area contributed by atoms with Crippen molar-refractivity contribution in [3.05, 3.63) is 83.8 Å². The van der Waals surface area contributed by atoms with Crippen LogP contribution in [0.2, 0.25) is 0 Å². The van der Waals surface area contributed by atoms with E-state index in [4.69, 9.17) is 16.6 Å². The molecule has 0 spiro atoms. The lowest BCUT2D eigenvalue weighted by atomic mass is 10.1. The fourth-order valence-corrected chi connectivity index (χ4v) is 2.53. The number of thiocarbonyl (C=S) groups is 1. The van der Waals surface area contributed by atoms with Crippen LogP contribution in [0.25, 0.3) is 0 Å². The molecule has 3 N–H and O–H groups in total. The van der Waals surface area contributed by atoms with Crippen LogP contribution in [0.4, 0.5) is 11.4 Å². The number of aryl methyl sites for hydroxylation is 1. The Morgan fingerprint density at radius 2 is 1.59 bits per heavy atom. The Balaban J connectivity index is 1.60. The highest BCUT2D eigenvalue weighted by molar-refractivity contribution is 7.80. The Morgan fingerprint density at radius 3 is 2.26 bits per heavy atom. The van der Waals surface area contributed by atoms with Gasteiger partial charge >= 0.3 is 0 Å². The molecule has 0 saturated heterocycles. The summed E-state index contributed by atoms with van der Waals surface area (Å²) < 4.78 is 5.06. The molecular weight excluding hydrogens is 362 g/mol. The molecule has 0 saturated carbocycles. The van der Waals surface area contributed by atoms with Gasteiger partial charge in [-0.15, -0.1) is 0 Å². The Bertz CT molecular complexity index is 966. The maximum atomic E-state index is 12.2. The normalized spacial score (nSPS) is 10.1. The second kappa shape index (κ2) is 8.29. The van der Waals surface area contributed by atoms with Crippen molar-refractivity contribution >= 4 is 40.5 Å². The maximum absolute atomic E-state index is 12.2. The summed E-state index contributed by atoms with van der Waals surface area (Å²) >= 11 is 5.19. The smallest absolute Gasteiger partial charge is 0.291 e. The number of carbonyl (C=O) groups excluding carboxylic acids is 2. The van der Waals surface area contributed by atoms with E-state index >= 15 is 0 Å². The highest BCUT2D eigenvalue weighted by Crippen LogP contribution is 2.16. The molecule has 7 heteroatoms. The van der Waals surface area contributed by atoms with Gasteiger partial charge in [-0.05, 0) is 61.6 Å². The van der Waals surface area contributed by atoms with Gasteiger partial charge in [0.05, 0.1) is 6.26 Å². The van der Waals surface area contributed by atoms with Crippen LogP contribution in [0.3, 0.4) is 0 Å². The second-order valence-corrected chi connectivity index (χ2v) is 6.19. The number of nitrogens with one attached hydrogen (secondary N) is 3. The summed E-state index contributed by atoms with van der Waals surface area (Å²) in [6.07, 6.45) is 1.43. The number of furan rings is 1. The van der Waals surface area contributed by atoms with Gasteiger partial charge in [0.1, 0.15) is 0 Å². The van der Waals surface area contributed by atoms with E-state index in [9.17, 15) is 9.59 Å². The lowest BCUT2D eigenvalue weighted by Crippen LogP contribution is -2.34. The van der Waals surface area contributed by atoms with E-state index in [1.165, 1.54) is 6.26 Å². The van der Waals surface area contributed by atoms with Gasteiger partial charge < -0.3 is 15.1 Å². The number of anilines is 2. The zero-order chi connectivity index (χ0) is 19.2. The molecule has 0 aliphatic heterocycles. The van der Waals surface area contributed by atoms with Crippen molar-refractivity contribution in [2.75, 3.05) is 10.6 Å². The Labute approximate surface area is 161 Å². The zero-order valence-electron chi connectivity index (χ0n) is 14.5. The van der Waals surface area contributed by atoms with Crippen LogP contribution in [0.5, 0.6) is 0 Å². The Kier molecular flexibility index (Phi) is 5.63. The van der Waals surface area contributed by atoms with Gasteiger partial charge in [-0.1, -0.05) is 23.8 Å². The molecule has 0 radical (unpaired) electrons. The fourth-order valence-electron chi connectivity index (χ4n) is 2.32. The maximum Gasteiger partial charge on any atom is 0.291 e. The van der Waals surface area contributed by atoms with Gasteiger partial charge in [0.2, 0.25) is 0 Å². The lowest BCUT2D eigenvalue weighted by molar-refractivity contribution is 0.0975. The van der Waals surface area contributed by atoms with Crippen LogP contribution in [-0.2, 0) is 0 Å². The molecule has 0 unspecified atom stereocenters. The predicted octanol–water partition coefficient (Wildman–Crippen LogP) is 3.97. The molecule has 0 atom stereocenters. The summed E-state index contributed by atoms with van der Waals surface area (Å²) in [4.78, 5) is 24.2. The zero-order valence-corrected chi connectivity index (χ0v) is 15.3. The minimum Gasteiger partial charge on any atom is -0.459 e. The molecule has 6 nitrogen and oxygen atoms in total. The van der Waals surface area contributed by atoms with E-state index in [-0.39, 0.29) is 22.7 Å². The quantitative estimate of drug-likeness (QED) is 0.598. The van der Waals surface area contributed by atoms with Gasteiger partial charge in [0.15, 0.2) is 10.9 Å². The van der Waals surface area contributed by atoms with Gasteiger partial charge in [0.25, 0.3) is 11.8 Å². The fraction of sp³-hybridized carbons (Fsp3) is 0.0500. The number of benzene rings is 2. The first kappa shape index (κ1) is 18.3. The van der Waals surface area contributed by atoms with Crippen LogP contribution in [-0.4, -0.2) is 16.9 Å². The van der Waals surface area contributed by atoms with Gasteiger partial charge in [-0.25, -0.2) is 0 Å². The van der Waals surface area contributed by atoms with E-state index in [1.54, 1.807) is 48.5 Å². The molecule has 27 heavy (non-hydrogen) atoms. The van der Waals surface area contributed by atoms with Crippen LogP contribution in [0, 0.1) is 6.92 Å². The van der Waals surface area contributed by atoms with Crippen molar-refractivity contribution in [1.29, 1.82) is 0 Å². The summed E-state index contributed by atoms with van der Waals surface area (Å²) in [5.74, 6) is -0.434. The summed E-state index contributed by atoms with van der Waals surface area (Å²) in [5.41, 5.74) is 2.78. The van der Waals surface area contributed by atoms with E-state index in [1.807, 2.05) is 19.1 Å². The minimum atomic E-state index is -0.354. The SMILES string of the molecule is Cc1ccc(C(=O)NC(=S)Nc2cccc(NC(=O)c3ccco3)c2)cc1. The average molecular weight is 379 g/mol. The van der Waals surface area contributed by atoms with Crippen LogP contribution in [0.1, 0.15) is 26.5 Å². The first-order chi connectivity index (χ1) is 13.0. The lowest BCUT2D eigenvalue weighted by Gasteiger charge is -2.11. The largest absolute Gasteiger partial charge is 0.459 e. The molecular formula is C20H17N3O3S. The molecule has 2 aromatic carbocycles. The summed E-state index contributed by atoms with van der Waals surface area (Å²) in [7, 11) is 0. The third kappa shape index (κ3) is 5.02. The first-order valence-corrected chi connectivity index (χ1v) is 8.56. The number of amides is 2. The standard InChI is InChI=1S/C20H17N3O3S/c1-13-7-9-14(10-8-13)18(24)23-20(27)22-16-5-2-4-15(12-16)21-19(25)17-6-3-11-26-17/h2-12H,1H3,(H,21,25)(H2,22,23,24,27). The van der Waals surface area contributed by atoms with Gasteiger partial charge in [-0.2, -0.15) is 0 Å². The third-order valence-electron chi connectivity index (χ3n) is 3.66. The number of hydrogen-bond donors (Lipinski definition) is 3. The van der Waals surface area contributed by atoms with E-state index in [0.717, 1.165) is 5.56 Å². The van der Waals surface area contributed by atoms with Crippen LogP contribution < -0.4 is 16.0 Å². The number of hydrogen-bond acceptors (Lipinski definition) is 4. The minimum absolute atomic E-state index is 0.162. The molecule has 0 bridgehead atoms. The topological polar surface area (TPSA) is 83.4 Å². The summed E-state index contributed by atoms with van der Waals surface area (Å²) in [6.45, 7) is 1.95. The van der Waals surface area contributed by atoms with Crippen molar-refractivity contribution in [3.63, 3.8) is 0 Å². The summed E-state index contributed by atoms with van der Waals surface area (Å²) in [6, 6.07) is 17.4. The van der Waals surface area contributed by atoms with Gasteiger partial charge in [0, 0.05) is 16.9 Å². The molecule has 0 fully saturated rings. The van der Waals surface area contributed by atoms with Crippen molar-refractivity contribution < 1.29 is 14.0 Å². The monoisotopic (exact) mass is 379 g/mol. The molecule has 0 aliphatic rings. The van der Waals surface area contributed by atoms with E-state index < -0.39 is 0 Å². The molecule has 2 amide bonds. The third-order valence-corrected chi connectivity index (χ3v) is 3.87. The van der Waals surface area contributed by atoms with Crippen molar-refractivity contribution in [2.45, 2.75) is 6.92 Å². The second-order valence-electron chi connectivity index (χ2n) is 5.79. The van der Waals surface area contributed by atoms with E-state index in [2.05, 4.69) is 16.0 Å². The van der Waals surface area contributed by atoms with E-state index in [0.29, 0.717) is 16.9 Å². The van der Waals surface area contributed by atoms with Crippen LogP contribution >= 0.6 is 12.2 Å². The highest BCUT2D eigenvalue weighted by atomic mass is 32.1. The Morgan fingerprint density at radius 1 is 0.889 bits per heavy atom. The van der Waals surface area contributed by atoms with Crippen molar-refractivity contribution in [2.24, 2.45) is 0 Å². The molecule has 0 aliphatic carbocycles. The first-order valence-electron chi connectivity index (χ1n) is 8.15. The summed E-state index contributed by atoms with van der Waals surface area (Å²) in [5, 5.41) is 8.44. The molecule has 136 valence electrons.